The van der Waals surface area contributed by atoms with Gasteiger partial charge in [0.2, 0.25) is 0 Å². The number of methoxy groups -OCH3 is 2. The molecule has 2 aliphatic heterocycles. The first-order chi connectivity index (χ1) is 18.9. The normalized spacial score (nSPS) is 27.9. The lowest BCUT2D eigenvalue weighted by atomic mass is 9.58. The summed E-state index contributed by atoms with van der Waals surface area (Å²) < 4.78 is 10.7. The second kappa shape index (κ2) is 10.8. The number of likely N-dealkylation sites (tertiary alicyclic amines) is 2. The number of piperidine rings is 2. The number of carbonyl (C=O) groups excluding carboxylic acids is 3. The Kier molecular flexibility index (Phi) is 7.38. The average molecular weight is 527 g/mol. The summed E-state index contributed by atoms with van der Waals surface area (Å²) in [5, 5.41) is 0. The van der Waals surface area contributed by atoms with Gasteiger partial charge in [0.25, 0.3) is 0 Å². The molecule has 39 heavy (non-hydrogen) atoms. The zero-order valence-corrected chi connectivity index (χ0v) is 22.7. The van der Waals surface area contributed by atoms with Gasteiger partial charge in [-0.25, -0.2) is 0 Å². The second-order valence-corrected chi connectivity index (χ2v) is 10.4. The van der Waals surface area contributed by atoms with E-state index in [1.54, 1.807) is 0 Å². The first kappa shape index (κ1) is 26.8. The number of esters is 2. The Morgan fingerprint density at radius 3 is 1.92 bits per heavy atom. The van der Waals surface area contributed by atoms with Crippen molar-refractivity contribution in [3.05, 3.63) is 108 Å². The summed E-state index contributed by atoms with van der Waals surface area (Å²) in [6, 6.07) is 26.8. The molecule has 7 heteroatoms. The van der Waals surface area contributed by atoms with Gasteiger partial charge in [-0.05, 0) is 30.7 Å². The van der Waals surface area contributed by atoms with Crippen molar-refractivity contribution >= 4 is 17.7 Å². The molecule has 3 aromatic rings. The minimum Gasteiger partial charge on any atom is -0.468 e. The fraction of sp³-hybridized carbons (Fsp3) is 0.344. The molecule has 0 N–H and O–H groups in total. The zero-order chi connectivity index (χ0) is 27.7. The molecule has 0 aliphatic carbocycles. The van der Waals surface area contributed by atoms with Crippen LogP contribution in [0.15, 0.2) is 91.0 Å². The Labute approximate surface area is 229 Å². The van der Waals surface area contributed by atoms with E-state index in [9.17, 15) is 14.4 Å². The highest BCUT2D eigenvalue weighted by molar-refractivity contribution is 6.09. The highest BCUT2D eigenvalue weighted by Crippen LogP contribution is 2.57. The standard InChI is InChI=1S/C32H34N2O5/c1-21(22-14-8-5-9-15-22)34-20-32(31(37)39-4)28(24-18-12-7-13-19-24)33(2)26(23-16-10-6-11-17-23)25(29(32)35)27(34)30(36)38-3/h5-19,21,25-28H,20H2,1-4H3/t21-,25?,26+,27?,28-,32?/m0/s1. The predicted molar refractivity (Wildman–Crippen MR) is 146 cm³/mol. The number of ketones is 1. The molecule has 6 atom stereocenters. The molecule has 0 radical (unpaired) electrons. The molecule has 2 fully saturated rings. The predicted octanol–water partition coefficient (Wildman–Crippen LogP) is 4.38. The minimum absolute atomic E-state index is 0.0102. The van der Waals surface area contributed by atoms with Crippen molar-refractivity contribution in [3.63, 3.8) is 0 Å². The van der Waals surface area contributed by atoms with Crippen LogP contribution >= 0.6 is 0 Å². The van der Waals surface area contributed by atoms with E-state index in [1.807, 2.05) is 110 Å². The fourth-order valence-corrected chi connectivity index (χ4v) is 6.82. The Bertz CT molecular complexity index is 1330. The van der Waals surface area contributed by atoms with Crippen molar-refractivity contribution in [2.75, 3.05) is 27.8 Å². The molecule has 3 aromatic carbocycles. The van der Waals surface area contributed by atoms with Crippen LogP contribution in [0.5, 0.6) is 0 Å². The van der Waals surface area contributed by atoms with Crippen LogP contribution in [-0.2, 0) is 23.9 Å². The Morgan fingerprint density at radius 2 is 1.38 bits per heavy atom. The molecule has 5 rings (SSSR count). The highest BCUT2D eigenvalue weighted by Gasteiger charge is 2.69. The van der Waals surface area contributed by atoms with Crippen LogP contribution in [0.25, 0.3) is 0 Å². The Balaban J connectivity index is 1.79. The van der Waals surface area contributed by atoms with Gasteiger partial charge in [-0.2, -0.15) is 0 Å². The first-order valence-electron chi connectivity index (χ1n) is 13.2. The van der Waals surface area contributed by atoms with E-state index in [0.717, 1.165) is 16.7 Å². The lowest BCUT2D eigenvalue weighted by Crippen LogP contribution is -2.73. The number of Topliss-reactive ketones (excluding diaryl/α,β-unsaturated/α-hetero) is 1. The third-order valence-electron chi connectivity index (χ3n) is 8.55. The lowest BCUT2D eigenvalue weighted by molar-refractivity contribution is -0.196. The molecule has 0 saturated carbocycles. The quantitative estimate of drug-likeness (QED) is 0.349. The minimum atomic E-state index is -1.56. The van der Waals surface area contributed by atoms with E-state index < -0.39 is 41.4 Å². The van der Waals surface area contributed by atoms with Crippen LogP contribution in [0.2, 0.25) is 0 Å². The molecule has 0 amide bonds. The molecule has 3 unspecified atom stereocenters. The van der Waals surface area contributed by atoms with Crippen molar-refractivity contribution in [1.29, 1.82) is 0 Å². The smallest absolute Gasteiger partial charge is 0.323 e. The van der Waals surface area contributed by atoms with Gasteiger partial charge >= 0.3 is 11.9 Å². The maximum absolute atomic E-state index is 14.8. The number of nitrogens with zero attached hydrogens (tertiary/aromatic N) is 2. The maximum atomic E-state index is 14.8. The molecule has 202 valence electrons. The van der Waals surface area contributed by atoms with Crippen LogP contribution in [0.1, 0.15) is 41.7 Å². The number of hydrogen-bond acceptors (Lipinski definition) is 7. The average Bonchev–Trinajstić information content (AvgIpc) is 2.98. The SMILES string of the molecule is COC(=O)C1C2C(=O)C(C(=O)OC)(CN1[C@@H](C)c1ccccc1)[C@H](c1ccccc1)N(C)[C@@H]2c1ccccc1. The van der Waals surface area contributed by atoms with Gasteiger partial charge < -0.3 is 9.47 Å². The summed E-state index contributed by atoms with van der Waals surface area (Å²) in [6.07, 6.45) is 0. The summed E-state index contributed by atoms with van der Waals surface area (Å²) in [7, 11) is 4.59. The van der Waals surface area contributed by atoms with Crippen LogP contribution in [0, 0.1) is 11.3 Å². The van der Waals surface area contributed by atoms with Gasteiger partial charge in [0, 0.05) is 18.6 Å². The summed E-state index contributed by atoms with van der Waals surface area (Å²) >= 11 is 0. The number of rotatable bonds is 6. The number of fused-ring (bicyclic) bond motifs is 2. The van der Waals surface area contributed by atoms with Crippen molar-refractivity contribution < 1.29 is 23.9 Å². The summed E-state index contributed by atoms with van der Waals surface area (Å²) in [5.41, 5.74) is 1.14. The topological polar surface area (TPSA) is 76.1 Å². The maximum Gasteiger partial charge on any atom is 0.323 e. The number of carbonyl (C=O) groups is 3. The molecule has 2 bridgehead atoms. The molecule has 2 saturated heterocycles. The molecule has 2 aliphatic rings. The Morgan fingerprint density at radius 1 is 0.846 bits per heavy atom. The van der Waals surface area contributed by atoms with E-state index in [-0.39, 0.29) is 18.4 Å². The summed E-state index contributed by atoms with van der Waals surface area (Å²) in [6.45, 7) is 2.01. The zero-order valence-electron chi connectivity index (χ0n) is 22.7. The van der Waals surface area contributed by atoms with Gasteiger partial charge in [0.15, 0.2) is 11.2 Å². The Hall–Kier alpha value is -3.81. The van der Waals surface area contributed by atoms with E-state index >= 15 is 0 Å². The van der Waals surface area contributed by atoms with Gasteiger partial charge in [-0.15, -0.1) is 0 Å². The van der Waals surface area contributed by atoms with Crippen LogP contribution < -0.4 is 0 Å². The van der Waals surface area contributed by atoms with E-state index in [0.29, 0.717) is 0 Å². The van der Waals surface area contributed by atoms with Crippen LogP contribution in [0.3, 0.4) is 0 Å². The third kappa shape index (κ3) is 4.26. The fourth-order valence-electron chi connectivity index (χ4n) is 6.82. The molecule has 2 heterocycles. The number of hydrogen-bond donors (Lipinski definition) is 0. The van der Waals surface area contributed by atoms with Crippen LogP contribution in [-0.4, -0.2) is 61.4 Å². The number of benzene rings is 3. The summed E-state index contributed by atoms with van der Waals surface area (Å²) in [4.78, 5) is 46.4. The van der Waals surface area contributed by atoms with Gasteiger partial charge in [-0.3, -0.25) is 24.2 Å². The lowest BCUT2D eigenvalue weighted by Gasteiger charge is -2.60. The van der Waals surface area contributed by atoms with Gasteiger partial charge in [0.05, 0.1) is 26.2 Å². The van der Waals surface area contributed by atoms with Crippen molar-refractivity contribution in [2.24, 2.45) is 11.3 Å². The second-order valence-electron chi connectivity index (χ2n) is 10.4. The molecular formula is C32H34N2O5. The highest BCUT2D eigenvalue weighted by atomic mass is 16.5. The van der Waals surface area contributed by atoms with E-state index in [4.69, 9.17) is 9.47 Å². The summed E-state index contributed by atoms with van der Waals surface area (Å²) in [5.74, 6) is -2.26. The molecule has 0 spiro atoms. The molecule has 0 aromatic heterocycles. The molecular weight excluding hydrogens is 492 g/mol. The van der Waals surface area contributed by atoms with Gasteiger partial charge in [-0.1, -0.05) is 91.0 Å². The van der Waals surface area contributed by atoms with Crippen molar-refractivity contribution in [2.45, 2.75) is 31.1 Å². The number of ether oxygens (including phenoxy) is 2. The van der Waals surface area contributed by atoms with Crippen molar-refractivity contribution in [3.8, 4) is 0 Å². The van der Waals surface area contributed by atoms with Crippen molar-refractivity contribution in [1.82, 2.24) is 9.80 Å². The largest absolute Gasteiger partial charge is 0.468 e. The van der Waals surface area contributed by atoms with Gasteiger partial charge in [0.1, 0.15) is 6.04 Å². The monoisotopic (exact) mass is 526 g/mol. The van der Waals surface area contributed by atoms with Crippen LogP contribution in [0.4, 0.5) is 0 Å². The first-order valence-corrected chi connectivity index (χ1v) is 13.2. The van der Waals surface area contributed by atoms with E-state index in [1.165, 1.54) is 14.2 Å². The third-order valence-corrected chi connectivity index (χ3v) is 8.55. The van der Waals surface area contributed by atoms with E-state index in [2.05, 4.69) is 4.90 Å². The molecule has 7 nitrogen and oxygen atoms in total.